The molecule has 1 saturated heterocycles. The molecule has 0 saturated carbocycles. The van der Waals surface area contributed by atoms with Crippen LogP contribution in [0.2, 0.25) is 0 Å². The van der Waals surface area contributed by atoms with Crippen molar-refractivity contribution < 1.29 is 0 Å². The molecule has 0 bridgehead atoms. The highest BCUT2D eigenvalue weighted by atomic mass is 15.3. The lowest BCUT2D eigenvalue weighted by Crippen LogP contribution is -2.52. The van der Waals surface area contributed by atoms with Crippen LogP contribution in [0.1, 0.15) is 13.8 Å². The Kier molecular flexibility index (Phi) is 5.10. The third-order valence-corrected chi connectivity index (χ3v) is 3.85. The number of likely N-dealkylation sites (N-methyl/N-ethyl adjacent to an activating group) is 1. The molecule has 0 spiro atoms. The van der Waals surface area contributed by atoms with Gasteiger partial charge in [-0.15, -0.1) is 0 Å². The van der Waals surface area contributed by atoms with Gasteiger partial charge in [0, 0.05) is 45.0 Å². The summed E-state index contributed by atoms with van der Waals surface area (Å²) in [4.78, 5) is 13.1. The molecule has 1 unspecified atom stereocenters. The molecule has 1 aromatic heterocycles. The van der Waals surface area contributed by atoms with E-state index in [2.05, 4.69) is 46.0 Å². The second-order valence-corrected chi connectivity index (χ2v) is 5.63. The first-order valence-corrected chi connectivity index (χ1v) is 7.09. The quantitative estimate of drug-likeness (QED) is 0.863. The summed E-state index contributed by atoms with van der Waals surface area (Å²) in [6.45, 7) is 10.2. The van der Waals surface area contributed by atoms with E-state index < -0.39 is 0 Å². The average Bonchev–Trinajstić information content (AvgIpc) is 2.42. The van der Waals surface area contributed by atoms with Gasteiger partial charge in [-0.25, -0.2) is 9.97 Å². The van der Waals surface area contributed by atoms with Gasteiger partial charge in [-0.1, -0.05) is 13.8 Å². The third-order valence-electron chi connectivity index (χ3n) is 3.85. The molecule has 5 heteroatoms. The van der Waals surface area contributed by atoms with E-state index in [0.717, 1.165) is 38.5 Å². The van der Waals surface area contributed by atoms with Crippen LogP contribution in [-0.2, 0) is 0 Å². The van der Waals surface area contributed by atoms with Crippen molar-refractivity contribution in [2.45, 2.75) is 19.9 Å². The second-order valence-electron chi connectivity index (χ2n) is 5.63. The summed E-state index contributed by atoms with van der Waals surface area (Å²) in [7, 11) is 2.20. The zero-order chi connectivity index (χ0) is 13.7. The Labute approximate surface area is 116 Å². The molecule has 19 heavy (non-hydrogen) atoms. The van der Waals surface area contributed by atoms with Crippen molar-refractivity contribution in [1.29, 1.82) is 0 Å². The van der Waals surface area contributed by atoms with Gasteiger partial charge < -0.3 is 10.2 Å². The van der Waals surface area contributed by atoms with E-state index in [4.69, 9.17) is 0 Å². The van der Waals surface area contributed by atoms with Gasteiger partial charge in [0.1, 0.15) is 12.1 Å². The minimum Gasteiger partial charge on any atom is -0.368 e. The molecular formula is C14H25N5. The number of hydrogen-bond acceptors (Lipinski definition) is 5. The molecule has 106 valence electrons. The van der Waals surface area contributed by atoms with Crippen molar-refractivity contribution in [2.24, 2.45) is 5.92 Å². The number of rotatable bonds is 5. The van der Waals surface area contributed by atoms with Gasteiger partial charge in [0.15, 0.2) is 0 Å². The molecule has 2 heterocycles. The van der Waals surface area contributed by atoms with E-state index in [1.165, 1.54) is 0 Å². The SMILES string of the molecule is CC(C)C(CNc1ccncn1)N1CCN(C)CC1. The lowest BCUT2D eigenvalue weighted by atomic mass is 10.0. The largest absolute Gasteiger partial charge is 0.368 e. The zero-order valence-electron chi connectivity index (χ0n) is 12.2. The summed E-state index contributed by atoms with van der Waals surface area (Å²) >= 11 is 0. The van der Waals surface area contributed by atoms with Crippen molar-refractivity contribution in [3.05, 3.63) is 18.6 Å². The highest BCUT2D eigenvalue weighted by Gasteiger charge is 2.24. The number of anilines is 1. The minimum absolute atomic E-state index is 0.559. The monoisotopic (exact) mass is 263 g/mol. The predicted octanol–water partition coefficient (Wildman–Crippen LogP) is 1.16. The van der Waals surface area contributed by atoms with Gasteiger partial charge in [0.25, 0.3) is 0 Å². The molecule has 0 aliphatic carbocycles. The normalized spacial score (nSPS) is 19.6. The van der Waals surface area contributed by atoms with Crippen LogP contribution in [0.3, 0.4) is 0 Å². The summed E-state index contributed by atoms with van der Waals surface area (Å²) in [5.41, 5.74) is 0. The molecule has 0 radical (unpaired) electrons. The smallest absolute Gasteiger partial charge is 0.129 e. The van der Waals surface area contributed by atoms with Gasteiger partial charge in [0.05, 0.1) is 0 Å². The van der Waals surface area contributed by atoms with Crippen molar-refractivity contribution in [2.75, 3.05) is 45.1 Å². The number of piperazine rings is 1. The molecule has 1 aliphatic heterocycles. The van der Waals surface area contributed by atoms with Crippen molar-refractivity contribution in [1.82, 2.24) is 19.8 Å². The van der Waals surface area contributed by atoms with Gasteiger partial charge in [0.2, 0.25) is 0 Å². The lowest BCUT2D eigenvalue weighted by Gasteiger charge is -2.40. The van der Waals surface area contributed by atoms with Crippen LogP contribution in [-0.4, -0.2) is 65.6 Å². The maximum atomic E-state index is 4.22. The topological polar surface area (TPSA) is 44.3 Å². The van der Waals surface area contributed by atoms with Gasteiger partial charge in [-0.05, 0) is 19.0 Å². The maximum Gasteiger partial charge on any atom is 0.129 e. The van der Waals surface area contributed by atoms with Crippen LogP contribution in [0.5, 0.6) is 0 Å². The van der Waals surface area contributed by atoms with Crippen LogP contribution in [0.25, 0.3) is 0 Å². The van der Waals surface area contributed by atoms with Crippen LogP contribution in [0, 0.1) is 5.92 Å². The van der Waals surface area contributed by atoms with E-state index in [0.29, 0.717) is 12.0 Å². The molecule has 0 amide bonds. The molecule has 1 N–H and O–H groups in total. The van der Waals surface area contributed by atoms with Crippen LogP contribution in [0.15, 0.2) is 18.6 Å². The number of aromatic nitrogens is 2. The molecule has 1 aliphatic rings. The predicted molar refractivity (Wildman–Crippen MR) is 78.2 cm³/mol. The zero-order valence-corrected chi connectivity index (χ0v) is 12.2. The Hall–Kier alpha value is -1.20. The molecule has 5 nitrogen and oxygen atoms in total. The van der Waals surface area contributed by atoms with Gasteiger partial charge in [-0.3, -0.25) is 4.90 Å². The lowest BCUT2D eigenvalue weighted by molar-refractivity contribution is 0.0944. The van der Waals surface area contributed by atoms with Crippen molar-refractivity contribution in [3.63, 3.8) is 0 Å². The van der Waals surface area contributed by atoms with Crippen molar-refractivity contribution >= 4 is 5.82 Å². The van der Waals surface area contributed by atoms with E-state index in [9.17, 15) is 0 Å². The highest BCUT2D eigenvalue weighted by molar-refractivity contribution is 5.31. The molecular weight excluding hydrogens is 238 g/mol. The Bertz CT molecular complexity index is 359. The average molecular weight is 263 g/mol. The van der Waals surface area contributed by atoms with Gasteiger partial charge >= 0.3 is 0 Å². The first-order chi connectivity index (χ1) is 9.16. The molecule has 2 rings (SSSR count). The Morgan fingerprint density at radius 2 is 2.00 bits per heavy atom. The third kappa shape index (κ3) is 4.14. The maximum absolute atomic E-state index is 4.22. The number of hydrogen-bond donors (Lipinski definition) is 1. The Morgan fingerprint density at radius 3 is 2.58 bits per heavy atom. The van der Waals surface area contributed by atoms with Crippen LogP contribution < -0.4 is 5.32 Å². The van der Waals surface area contributed by atoms with Crippen LogP contribution in [0.4, 0.5) is 5.82 Å². The fraction of sp³-hybridized carbons (Fsp3) is 0.714. The summed E-state index contributed by atoms with van der Waals surface area (Å²) in [6.07, 6.45) is 3.36. The van der Waals surface area contributed by atoms with Crippen LogP contribution >= 0.6 is 0 Å². The van der Waals surface area contributed by atoms with E-state index in [-0.39, 0.29) is 0 Å². The summed E-state index contributed by atoms with van der Waals surface area (Å²) in [5.74, 6) is 1.55. The molecule has 1 fully saturated rings. The minimum atomic E-state index is 0.559. The van der Waals surface area contributed by atoms with Crippen molar-refractivity contribution in [3.8, 4) is 0 Å². The highest BCUT2D eigenvalue weighted by Crippen LogP contribution is 2.14. The number of nitrogens with one attached hydrogen (secondary N) is 1. The molecule has 1 aromatic rings. The fourth-order valence-corrected chi connectivity index (χ4v) is 2.54. The Balaban J connectivity index is 1.89. The first kappa shape index (κ1) is 14.2. The summed E-state index contributed by atoms with van der Waals surface area (Å²) in [5, 5.41) is 3.43. The standard InChI is InChI=1S/C14H25N5/c1-12(2)13(19-8-6-18(3)7-9-19)10-16-14-4-5-15-11-17-14/h4-5,11-13H,6-10H2,1-3H3,(H,15,16,17). The summed E-state index contributed by atoms with van der Waals surface area (Å²) < 4.78 is 0. The Morgan fingerprint density at radius 1 is 1.26 bits per heavy atom. The fourth-order valence-electron chi connectivity index (χ4n) is 2.54. The van der Waals surface area contributed by atoms with Gasteiger partial charge in [-0.2, -0.15) is 0 Å². The summed E-state index contributed by atoms with van der Waals surface area (Å²) in [6, 6.07) is 2.48. The molecule has 0 aromatic carbocycles. The second kappa shape index (κ2) is 6.82. The number of nitrogens with zero attached hydrogens (tertiary/aromatic N) is 4. The van der Waals surface area contributed by atoms with E-state index >= 15 is 0 Å². The molecule has 1 atom stereocenters. The van der Waals surface area contributed by atoms with E-state index in [1.54, 1.807) is 12.5 Å². The first-order valence-electron chi connectivity index (χ1n) is 7.09. The van der Waals surface area contributed by atoms with E-state index in [1.807, 2.05) is 6.07 Å².